The first-order chi connectivity index (χ1) is 11.3. The van der Waals surface area contributed by atoms with E-state index in [1.807, 2.05) is 60.7 Å². The molecule has 2 heteroatoms. The van der Waals surface area contributed by atoms with Gasteiger partial charge in [0.15, 0.2) is 0 Å². The van der Waals surface area contributed by atoms with Gasteiger partial charge in [-0.3, -0.25) is 0 Å². The van der Waals surface area contributed by atoms with Gasteiger partial charge in [0.25, 0.3) is 0 Å². The quantitative estimate of drug-likeness (QED) is 0.627. The van der Waals surface area contributed by atoms with E-state index in [4.69, 9.17) is 9.47 Å². The summed E-state index contributed by atoms with van der Waals surface area (Å²) in [5.74, 6) is 1.80. The summed E-state index contributed by atoms with van der Waals surface area (Å²) >= 11 is 0. The average Bonchev–Trinajstić information content (AvgIpc) is 2.61. The molecule has 0 unspecified atom stereocenters. The topological polar surface area (TPSA) is 18.5 Å². The second kappa shape index (κ2) is 7.50. The Morgan fingerprint density at radius 2 is 1.17 bits per heavy atom. The summed E-state index contributed by atoms with van der Waals surface area (Å²) < 4.78 is 11.8. The van der Waals surface area contributed by atoms with E-state index in [2.05, 4.69) is 25.1 Å². The third-order valence-corrected chi connectivity index (χ3v) is 3.73. The van der Waals surface area contributed by atoms with Gasteiger partial charge in [0, 0.05) is 0 Å². The lowest BCUT2D eigenvalue weighted by molar-refractivity contribution is 0.284. The van der Waals surface area contributed by atoms with Crippen LogP contribution in [0.15, 0.2) is 78.9 Å². The Bertz CT molecular complexity index is 751. The van der Waals surface area contributed by atoms with Crippen LogP contribution in [0.5, 0.6) is 11.5 Å². The van der Waals surface area contributed by atoms with Gasteiger partial charge in [-0.2, -0.15) is 0 Å². The molecule has 2 nitrogen and oxygen atoms in total. The number of ether oxygens (including phenoxy) is 2. The van der Waals surface area contributed by atoms with Crippen LogP contribution in [0, 0.1) is 6.92 Å². The van der Waals surface area contributed by atoms with Crippen molar-refractivity contribution in [2.24, 2.45) is 0 Å². The van der Waals surface area contributed by atoms with Crippen LogP contribution >= 0.6 is 0 Å². The van der Waals surface area contributed by atoms with Crippen molar-refractivity contribution in [3.05, 3.63) is 95.6 Å². The summed E-state index contributed by atoms with van der Waals surface area (Å²) in [6.45, 7) is 3.14. The molecule has 0 aliphatic carbocycles. The van der Waals surface area contributed by atoms with Gasteiger partial charge in [0.05, 0.1) is 0 Å². The highest BCUT2D eigenvalue weighted by molar-refractivity contribution is 5.33. The van der Waals surface area contributed by atoms with Crippen molar-refractivity contribution in [1.29, 1.82) is 0 Å². The molecule has 0 aliphatic heterocycles. The SMILES string of the molecule is Cc1ccccc1OCc1ccccc1COc1ccccc1. The standard InChI is InChI=1S/C21H20O2/c1-17-9-5-8-14-21(17)23-16-19-11-7-6-10-18(19)15-22-20-12-3-2-4-13-20/h2-14H,15-16H2,1H3. The third kappa shape index (κ3) is 4.13. The zero-order valence-electron chi connectivity index (χ0n) is 13.2. The molecule has 0 N–H and O–H groups in total. The minimum atomic E-state index is 0.539. The molecule has 0 aromatic heterocycles. The Hall–Kier alpha value is -2.74. The summed E-state index contributed by atoms with van der Waals surface area (Å²) in [4.78, 5) is 0. The lowest BCUT2D eigenvalue weighted by atomic mass is 10.1. The Labute approximate surface area is 137 Å². The zero-order valence-corrected chi connectivity index (χ0v) is 13.2. The second-order valence-electron chi connectivity index (χ2n) is 5.42. The van der Waals surface area contributed by atoms with E-state index >= 15 is 0 Å². The summed E-state index contributed by atoms with van der Waals surface area (Å²) in [7, 11) is 0. The molecule has 0 atom stereocenters. The van der Waals surface area contributed by atoms with E-state index in [1.165, 1.54) is 0 Å². The van der Waals surface area contributed by atoms with Gasteiger partial charge in [0.1, 0.15) is 24.7 Å². The van der Waals surface area contributed by atoms with Crippen LogP contribution in [-0.4, -0.2) is 0 Å². The van der Waals surface area contributed by atoms with Crippen LogP contribution in [0.2, 0.25) is 0 Å². The molecule has 23 heavy (non-hydrogen) atoms. The van der Waals surface area contributed by atoms with Gasteiger partial charge in [0.2, 0.25) is 0 Å². The molecule has 3 rings (SSSR count). The highest BCUT2D eigenvalue weighted by atomic mass is 16.5. The van der Waals surface area contributed by atoms with Crippen LogP contribution in [0.1, 0.15) is 16.7 Å². The van der Waals surface area contributed by atoms with Gasteiger partial charge in [-0.05, 0) is 41.8 Å². The summed E-state index contributed by atoms with van der Waals surface area (Å²) in [5.41, 5.74) is 3.43. The van der Waals surface area contributed by atoms with Gasteiger partial charge in [-0.1, -0.05) is 60.7 Å². The van der Waals surface area contributed by atoms with Crippen molar-refractivity contribution >= 4 is 0 Å². The minimum absolute atomic E-state index is 0.539. The lowest BCUT2D eigenvalue weighted by Crippen LogP contribution is -2.04. The van der Waals surface area contributed by atoms with E-state index in [-0.39, 0.29) is 0 Å². The molecule has 0 saturated heterocycles. The molecule has 0 aliphatic rings. The van der Waals surface area contributed by atoms with Crippen LogP contribution in [0.25, 0.3) is 0 Å². The van der Waals surface area contributed by atoms with Crippen LogP contribution in [0.4, 0.5) is 0 Å². The summed E-state index contributed by atoms with van der Waals surface area (Å²) in [6, 6.07) is 26.2. The molecule has 116 valence electrons. The Morgan fingerprint density at radius 3 is 1.87 bits per heavy atom. The highest BCUT2D eigenvalue weighted by Crippen LogP contribution is 2.20. The van der Waals surface area contributed by atoms with Gasteiger partial charge in [-0.25, -0.2) is 0 Å². The minimum Gasteiger partial charge on any atom is -0.489 e. The normalized spacial score (nSPS) is 10.3. The first kappa shape index (κ1) is 15.2. The van der Waals surface area contributed by atoms with Crippen LogP contribution in [-0.2, 0) is 13.2 Å². The molecular weight excluding hydrogens is 284 g/mol. The Kier molecular flexibility index (Phi) is 4.95. The maximum atomic E-state index is 5.96. The molecule has 3 aromatic rings. The lowest BCUT2D eigenvalue weighted by Gasteiger charge is -2.13. The summed E-state index contributed by atoms with van der Waals surface area (Å²) in [5, 5.41) is 0. The highest BCUT2D eigenvalue weighted by Gasteiger charge is 2.05. The third-order valence-electron chi connectivity index (χ3n) is 3.73. The number of benzene rings is 3. The molecule has 0 fully saturated rings. The predicted molar refractivity (Wildman–Crippen MR) is 92.7 cm³/mol. The number of hydrogen-bond acceptors (Lipinski definition) is 2. The fourth-order valence-corrected chi connectivity index (χ4v) is 2.39. The van der Waals surface area contributed by atoms with Crippen molar-refractivity contribution in [2.75, 3.05) is 0 Å². The number of hydrogen-bond donors (Lipinski definition) is 0. The largest absolute Gasteiger partial charge is 0.489 e. The molecule has 0 amide bonds. The summed E-state index contributed by atoms with van der Waals surface area (Å²) in [6.07, 6.45) is 0. The number of para-hydroxylation sites is 2. The van der Waals surface area contributed by atoms with Crippen molar-refractivity contribution in [2.45, 2.75) is 20.1 Å². The maximum Gasteiger partial charge on any atom is 0.122 e. The van der Waals surface area contributed by atoms with E-state index in [0.29, 0.717) is 13.2 Å². The zero-order chi connectivity index (χ0) is 15.9. The molecular formula is C21H20O2. The number of rotatable bonds is 6. The Morgan fingerprint density at radius 1 is 0.609 bits per heavy atom. The van der Waals surface area contributed by atoms with Crippen molar-refractivity contribution in [3.8, 4) is 11.5 Å². The van der Waals surface area contributed by atoms with E-state index < -0.39 is 0 Å². The maximum absolute atomic E-state index is 5.96. The Balaban J connectivity index is 1.67. The first-order valence-electron chi connectivity index (χ1n) is 7.76. The van der Waals surface area contributed by atoms with Gasteiger partial charge in [-0.15, -0.1) is 0 Å². The fourth-order valence-electron chi connectivity index (χ4n) is 2.39. The number of aryl methyl sites for hydroxylation is 1. The van der Waals surface area contributed by atoms with Crippen molar-refractivity contribution < 1.29 is 9.47 Å². The van der Waals surface area contributed by atoms with Gasteiger partial charge < -0.3 is 9.47 Å². The second-order valence-corrected chi connectivity index (χ2v) is 5.42. The average molecular weight is 304 g/mol. The molecule has 0 spiro atoms. The van der Waals surface area contributed by atoms with Crippen LogP contribution < -0.4 is 9.47 Å². The molecule has 0 bridgehead atoms. The monoisotopic (exact) mass is 304 g/mol. The predicted octanol–water partition coefficient (Wildman–Crippen LogP) is 5.15. The van der Waals surface area contributed by atoms with E-state index in [1.54, 1.807) is 0 Å². The van der Waals surface area contributed by atoms with E-state index in [9.17, 15) is 0 Å². The van der Waals surface area contributed by atoms with Crippen molar-refractivity contribution in [1.82, 2.24) is 0 Å². The van der Waals surface area contributed by atoms with E-state index in [0.717, 1.165) is 28.2 Å². The fraction of sp³-hybridized carbons (Fsp3) is 0.143. The molecule has 0 saturated carbocycles. The van der Waals surface area contributed by atoms with Gasteiger partial charge >= 0.3 is 0 Å². The molecule has 0 heterocycles. The van der Waals surface area contributed by atoms with Crippen LogP contribution in [0.3, 0.4) is 0 Å². The van der Waals surface area contributed by atoms with Crippen molar-refractivity contribution in [3.63, 3.8) is 0 Å². The molecule has 3 aromatic carbocycles. The molecule has 0 radical (unpaired) electrons. The smallest absolute Gasteiger partial charge is 0.122 e. The first-order valence-corrected chi connectivity index (χ1v) is 7.76.